The molecule has 3 aliphatic carbocycles. The molecule has 3 aliphatic rings. The van der Waals surface area contributed by atoms with Crippen LogP contribution in [0.25, 0.3) is 28.7 Å². The minimum absolute atomic E-state index is 0.0743. The van der Waals surface area contributed by atoms with E-state index >= 15 is 0 Å². The fourth-order valence-electron chi connectivity index (χ4n) is 9.27. The third kappa shape index (κ3) is 13.7. The molecule has 10 aromatic rings. The lowest BCUT2D eigenvalue weighted by atomic mass is 10.1. The zero-order valence-corrected chi connectivity index (χ0v) is 48.7. The molecule has 3 saturated carbocycles. The normalized spacial score (nSPS) is 13.5. The van der Waals surface area contributed by atoms with Gasteiger partial charge in [-0.1, -0.05) is 39.8 Å². The van der Waals surface area contributed by atoms with Gasteiger partial charge in [-0.25, -0.2) is 42.9 Å². The second-order valence-corrected chi connectivity index (χ2v) is 22.2. The lowest BCUT2D eigenvalue weighted by Crippen LogP contribution is -2.16. The van der Waals surface area contributed by atoms with Crippen molar-refractivity contribution in [2.75, 3.05) is 11.1 Å². The number of aromatic nitrogens is 16. The maximum Gasteiger partial charge on any atom is 0.338 e. The van der Waals surface area contributed by atoms with Crippen molar-refractivity contribution in [2.24, 2.45) is 0 Å². The molecule has 0 atom stereocenters. The second-order valence-electron chi connectivity index (χ2n) is 21.8. The number of halogens is 4. The summed E-state index contributed by atoms with van der Waals surface area (Å²) in [6.07, 6.45) is 17.8. The van der Waals surface area contributed by atoms with Crippen LogP contribution in [0, 0.1) is 38.2 Å². The Hall–Kier alpha value is -9.78. The third-order valence-corrected chi connectivity index (χ3v) is 14.6. The van der Waals surface area contributed by atoms with Crippen LogP contribution < -0.4 is 11.1 Å². The number of carboxylic acid groups (broad SMARTS) is 1. The van der Waals surface area contributed by atoms with Crippen LogP contribution in [-0.2, 0) is 0 Å². The van der Waals surface area contributed by atoms with E-state index in [4.69, 9.17) is 22.4 Å². The molecule has 7 heterocycles. The summed E-state index contributed by atoms with van der Waals surface area (Å²) in [4.78, 5) is 56.8. The molecule has 86 heavy (non-hydrogen) atoms. The van der Waals surface area contributed by atoms with Crippen molar-refractivity contribution in [1.82, 2.24) is 79.0 Å². The minimum atomic E-state index is -1.26. The van der Waals surface area contributed by atoms with Crippen LogP contribution in [0.15, 0.2) is 110 Å². The first kappa shape index (κ1) is 59.4. The maximum atomic E-state index is 14.8. The standard InChI is InChI=1S/C23H23FN8O.C14H12ClFN2O.C14H13FN2O2.C9H12N6/c1-13(2)22-28-29-30-32(22)21-6-4-5-20(26-21)27-23(33)16-10-19(14(3)9-17(16)24)31-11-18(25-12-31)15-7-8-15;1-8-4-11(16)10(14(15)19)5-13(8)18-6-12(17-7-18)9-2-3-9;1-8-4-11(15)10(14(18)19)5-13(8)17-6-12(16-7-17)9-2-3-9;1-6(2)9-12-13-14-15(9)8-5-3-4-7(10)11-8/h4-6,9-13,15H,7-8H2,1-3H3,(H,26,27,33);4-7,9H,2-3H2,1H3;4-7,9H,2-3H2,1H3,(H,18,19);3-6H,1-2H3,(H2,10,11). The first-order valence-corrected chi connectivity index (χ1v) is 28.1. The molecule has 3 fully saturated rings. The Labute approximate surface area is 496 Å². The van der Waals surface area contributed by atoms with Gasteiger partial charge in [-0.2, -0.15) is 9.36 Å². The zero-order valence-electron chi connectivity index (χ0n) is 47.9. The van der Waals surface area contributed by atoms with Gasteiger partial charge in [0, 0.05) is 48.2 Å². The lowest BCUT2D eigenvalue weighted by Gasteiger charge is -2.12. The number of nitrogens with two attached hydrogens (primary N) is 1. The monoisotopic (exact) mass is 1190 g/mol. The highest BCUT2D eigenvalue weighted by Gasteiger charge is 2.29. The van der Waals surface area contributed by atoms with E-state index in [1.807, 2.05) is 67.6 Å². The summed E-state index contributed by atoms with van der Waals surface area (Å²) in [5.41, 5.74) is 12.4. The van der Waals surface area contributed by atoms with Crippen molar-refractivity contribution < 1.29 is 32.7 Å². The number of pyridine rings is 2. The van der Waals surface area contributed by atoms with Crippen LogP contribution in [0.3, 0.4) is 0 Å². The van der Waals surface area contributed by atoms with Gasteiger partial charge in [-0.3, -0.25) is 9.59 Å². The number of imidazole rings is 3. The van der Waals surface area contributed by atoms with Gasteiger partial charge in [0.15, 0.2) is 23.3 Å². The largest absolute Gasteiger partial charge is 0.478 e. The van der Waals surface area contributed by atoms with E-state index in [2.05, 4.69) is 61.3 Å². The van der Waals surface area contributed by atoms with E-state index in [0.717, 1.165) is 59.8 Å². The molecular formula is C60H60ClF3N18O4. The number of aryl methyl sites for hydroxylation is 3. The summed E-state index contributed by atoms with van der Waals surface area (Å²) in [5, 5.41) is 34.0. The Morgan fingerprint density at radius 3 is 1.38 bits per heavy atom. The van der Waals surface area contributed by atoms with E-state index in [9.17, 15) is 27.6 Å². The van der Waals surface area contributed by atoms with Crippen LogP contribution in [0.5, 0.6) is 0 Å². The predicted molar refractivity (Wildman–Crippen MR) is 312 cm³/mol. The number of nitrogens with zero attached hydrogens (tertiary/aromatic N) is 16. The molecule has 0 aliphatic heterocycles. The van der Waals surface area contributed by atoms with Gasteiger partial charge in [0.1, 0.15) is 29.1 Å². The number of hydrogen-bond acceptors (Lipinski definition) is 15. The number of hydrogen-bond donors (Lipinski definition) is 3. The number of nitrogen functional groups attached to an aromatic ring is 1. The molecule has 3 aromatic carbocycles. The third-order valence-electron chi connectivity index (χ3n) is 14.4. The van der Waals surface area contributed by atoms with Crippen molar-refractivity contribution in [3.05, 3.63) is 190 Å². The molecule has 0 saturated heterocycles. The predicted octanol–water partition coefficient (Wildman–Crippen LogP) is 11.2. The maximum absolute atomic E-state index is 14.8. The Morgan fingerprint density at radius 2 is 0.977 bits per heavy atom. The molecule has 26 heteroatoms. The SMILES string of the molecule is CC(C)c1nnnn1-c1cccc(N)n1.Cc1cc(F)c(C(=O)Cl)cc1-n1cnc(C2CC2)c1.Cc1cc(F)c(C(=O)Nc2cccc(-n3nnnc3C(C)C)n2)cc1-n1cnc(C2CC2)c1.Cc1cc(F)c(C(=O)O)cc1-n1cnc(C2CC2)c1. The quantitative estimate of drug-likeness (QED) is 0.0854. The zero-order chi connectivity index (χ0) is 61.1. The molecule has 13 rings (SSSR count). The number of aromatic carboxylic acids is 1. The van der Waals surface area contributed by atoms with Crippen LogP contribution in [0.4, 0.5) is 24.8 Å². The molecule has 7 aromatic heterocycles. The Balaban J connectivity index is 0.000000134. The van der Waals surface area contributed by atoms with Crippen molar-refractivity contribution in [3.63, 3.8) is 0 Å². The number of nitrogens with one attached hydrogen (secondary N) is 1. The van der Waals surface area contributed by atoms with Crippen molar-refractivity contribution in [1.29, 1.82) is 0 Å². The molecule has 0 spiro atoms. The smallest absolute Gasteiger partial charge is 0.338 e. The highest BCUT2D eigenvalue weighted by atomic mass is 35.5. The van der Waals surface area contributed by atoms with Gasteiger partial charge in [-0.05, 0) is 169 Å². The molecule has 1 amide bonds. The van der Waals surface area contributed by atoms with Crippen LogP contribution in [0.1, 0.15) is 172 Å². The Morgan fingerprint density at radius 1 is 0.581 bits per heavy atom. The van der Waals surface area contributed by atoms with Crippen LogP contribution in [-0.4, -0.2) is 101 Å². The highest BCUT2D eigenvalue weighted by molar-refractivity contribution is 6.67. The number of tetrazole rings is 2. The van der Waals surface area contributed by atoms with Crippen LogP contribution in [0.2, 0.25) is 0 Å². The summed E-state index contributed by atoms with van der Waals surface area (Å²) in [7, 11) is 0. The van der Waals surface area contributed by atoms with Gasteiger partial charge < -0.3 is 29.9 Å². The van der Waals surface area contributed by atoms with Crippen molar-refractivity contribution in [3.8, 4) is 28.7 Å². The number of amides is 1. The molecule has 0 radical (unpaired) electrons. The fraction of sp³-hybridized carbons (Fsp3) is 0.300. The summed E-state index contributed by atoms with van der Waals surface area (Å²) >= 11 is 5.38. The number of carbonyl (C=O) groups excluding carboxylic acids is 2. The van der Waals surface area contributed by atoms with Gasteiger partial charge >= 0.3 is 5.97 Å². The van der Waals surface area contributed by atoms with Gasteiger partial charge in [-0.15, -0.1) is 10.2 Å². The molecule has 0 bridgehead atoms. The minimum Gasteiger partial charge on any atom is -0.478 e. The first-order chi connectivity index (χ1) is 41.2. The number of benzene rings is 3. The molecule has 4 N–H and O–H groups in total. The fourth-order valence-corrected chi connectivity index (χ4v) is 9.42. The van der Waals surface area contributed by atoms with Gasteiger partial charge in [0.2, 0.25) is 0 Å². The average Bonchev–Trinajstić information content (AvgIpc) is 4.49. The summed E-state index contributed by atoms with van der Waals surface area (Å²) in [6.45, 7) is 13.3. The van der Waals surface area contributed by atoms with Crippen molar-refractivity contribution >= 4 is 40.4 Å². The summed E-state index contributed by atoms with van der Waals surface area (Å²) in [5.74, 6) is 1.38. The van der Waals surface area contributed by atoms with E-state index in [1.54, 1.807) is 79.3 Å². The molecule has 442 valence electrons. The summed E-state index contributed by atoms with van der Waals surface area (Å²) in [6, 6.07) is 18.8. The second kappa shape index (κ2) is 25.2. The van der Waals surface area contributed by atoms with E-state index in [0.29, 0.717) is 63.5 Å². The number of carbonyl (C=O) groups is 3. The van der Waals surface area contributed by atoms with E-state index in [1.165, 1.54) is 47.9 Å². The van der Waals surface area contributed by atoms with Crippen LogP contribution >= 0.6 is 11.6 Å². The van der Waals surface area contributed by atoms with E-state index < -0.39 is 34.6 Å². The topological polar surface area (TPSA) is 276 Å². The number of rotatable bonds is 14. The number of carboxylic acids is 1. The molecule has 0 unspecified atom stereocenters. The Kier molecular flexibility index (Phi) is 17.4. The first-order valence-electron chi connectivity index (χ1n) is 27.8. The van der Waals surface area contributed by atoms with Gasteiger partial charge in [0.05, 0.1) is 69.8 Å². The number of anilines is 2. The molecular weight excluding hydrogens is 1130 g/mol. The summed E-state index contributed by atoms with van der Waals surface area (Å²) < 4.78 is 50.4. The average molecular weight is 1190 g/mol. The Bertz CT molecular complexity index is 4020. The molecule has 22 nitrogen and oxygen atoms in total. The van der Waals surface area contributed by atoms with E-state index in [-0.39, 0.29) is 34.3 Å². The van der Waals surface area contributed by atoms with Crippen molar-refractivity contribution in [2.45, 2.75) is 117 Å². The lowest BCUT2D eigenvalue weighted by molar-refractivity contribution is 0.0691. The van der Waals surface area contributed by atoms with Gasteiger partial charge in [0.25, 0.3) is 11.1 Å². The highest BCUT2D eigenvalue weighted by Crippen LogP contribution is 2.41.